The number of aryl methyl sites for hydroxylation is 1. The van der Waals surface area contributed by atoms with Gasteiger partial charge in [0.15, 0.2) is 5.69 Å². The van der Waals surface area contributed by atoms with E-state index in [1.165, 1.54) is 7.05 Å². The number of carbonyl (C=O) groups is 1. The Balaban J connectivity index is 1.81. The number of nitrogens with one attached hydrogen (secondary N) is 1. The second-order valence-corrected chi connectivity index (χ2v) is 8.43. The zero-order valence-electron chi connectivity index (χ0n) is 15.3. The molecule has 0 saturated carbocycles. The molecular formula is C19H14BrClF3N3O2S. The van der Waals surface area contributed by atoms with E-state index in [1.807, 2.05) is 0 Å². The summed E-state index contributed by atoms with van der Waals surface area (Å²) in [6.45, 7) is -0.596. The van der Waals surface area contributed by atoms with Gasteiger partial charge in [-0.1, -0.05) is 39.3 Å². The first-order valence-corrected chi connectivity index (χ1v) is 10.4. The number of hydrogen-bond acceptors (Lipinski definition) is 4. The number of carbonyl (C=O) groups excluding carboxylic acids is 1. The fraction of sp³-hybridized carbons (Fsp3) is 0.158. The Morgan fingerprint density at radius 3 is 2.43 bits per heavy atom. The van der Waals surface area contributed by atoms with Crippen LogP contribution in [0, 0.1) is 0 Å². The van der Waals surface area contributed by atoms with Crippen molar-refractivity contribution in [2.24, 2.45) is 7.05 Å². The third kappa shape index (κ3) is 5.71. The SMILES string of the molecule is Cn1nc(C(F)(F)F)c(COC(=O)Nc2ccc(Cl)cc2)c1Sc1ccc(Br)cc1. The normalized spacial score (nSPS) is 11.4. The average molecular weight is 521 g/mol. The average Bonchev–Trinajstić information content (AvgIpc) is 3.00. The number of aromatic nitrogens is 2. The summed E-state index contributed by atoms with van der Waals surface area (Å²) in [5.74, 6) is 0. The summed E-state index contributed by atoms with van der Waals surface area (Å²) in [4.78, 5) is 12.8. The summed E-state index contributed by atoms with van der Waals surface area (Å²) in [5, 5.41) is 6.75. The zero-order valence-corrected chi connectivity index (χ0v) is 18.5. The highest BCUT2D eigenvalue weighted by Gasteiger charge is 2.39. The Labute approximate surface area is 187 Å². The number of ether oxygens (including phenoxy) is 1. The van der Waals surface area contributed by atoms with E-state index < -0.39 is 24.6 Å². The van der Waals surface area contributed by atoms with Gasteiger partial charge in [-0.05, 0) is 48.5 Å². The van der Waals surface area contributed by atoms with Gasteiger partial charge >= 0.3 is 12.3 Å². The van der Waals surface area contributed by atoms with Gasteiger partial charge in [0.1, 0.15) is 11.6 Å². The highest BCUT2D eigenvalue weighted by Crippen LogP contribution is 2.39. The predicted molar refractivity (Wildman–Crippen MR) is 112 cm³/mol. The Bertz CT molecular complexity index is 1040. The van der Waals surface area contributed by atoms with Crippen LogP contribution in [0.3, 0.4) is 0 Å². The van der Waals surface area contributed by atoms with E-state index in [1.54, 1.807) is 48.5 Å². The third-order valence-corrected chi connectivity index (χ3v) is 5.82. The molecule has 30 heavy (non-hydrogen) atoms. The topological polar surface area (TPSA) is 56.2 Å². The summed E-state index contributed by atoms with van der Waals surface area (Å²) >= 11 is 10.2. The molecule has 2 aromatic carbocycles. The zero-order chi connectivity index (χ0) is 21.9. The maximum absolute atomic E-state index is 13.5. The molecule has 0 aliphatic rings. The molecule has 11 heteroatoms. The second-order valence-electron chi connectivity index (χ2n) is 6.02. The molecule has 1 N–H and O–H groups in total. The first-order valence-electron chi connectivity index (χ1n) is 8.39. The standard InChI is InChI=1S/C19H14BrClF3N3O2S/c1-27-17(30-14-8-2-11(20)3-9-14)15(16(26-27)19(22,23)24)10-29-18(28)25-13-6-4-12(21)5-7-13/h2-9H,10H2,1H3,(H,25,28). The first kappa shape index (κ1) is 22.5. The lowest BCUT2D eigenvalue weighted by atomic mass is 10.2. The van der Waals surface area contributed by atoms with E-state index >= 15 is 0 Å². The Kier molecular flexibility index (Phi) is 6.99. The van der Waals surface area contributed by atoms with Crippen LogP contribution in [0.4, 0.5) is 23.7 Å². The smallest absolute Gasteiger partial charge is 0.435 e. The molecule has 5 nitrogen and oxygen atoms in total. The fourth-order valence-electron chi connectivity index (χ4n) is 2.48. The molecule has 0 fully saturated rings. The van der Waals surface area contributed by atoms with Crippen LogP contribution in [0.1, 0.15) is 11.3 Å². The van der Waals surface area contributed by atoms with Crippen LogP contribution in [-0.4, -0.2) is 15.9 Å². The Hall–Kier alpha value is -2.17. The van der Waals surface area contributed by atoms with E-state index in [2.05, 4.69) is 26.3 Å². The van der Waals surface area contributed by atoms with Crippen LogP contribution in [0.5, 0.6) is 0 Å². The van der Waals surface area contributed by atoms with Crippen LogP contribution in [0.25, 0.3) is 0 Å². The van der Waals surface area contributed by atoms with Gasteiger partial charge in [-0.3, -0.25) is 10.00 Å². The molecule has 0 bridgehead atoms. The summed E-state index contributed by atoms with van der Waals surface area (Å²) in [6.07, 6.45) is -5.59. The van der Waals surface area contributed by atoms with Crippen LogP contribution < -0.4 is 5.32 Å². The van der Waals surface area contributed by atoms with Crippen molar-refractivity contribution in [1.29, 1.82) is 0 Å². The molecule has 0 radical (unpaired) electrons. The van der Waals surface area contributed by atoms with Crippen molar-refractivity contribution < 1.29 is 22.7 Å². The molecule has 0 atom stereocenters. The maximum atomic E-state index is 13.5. The van der Waals surface area contributed by atoms with E-state index in [4.69, 9.17) is 16.3 Å². The molecule has 0 unspecified atom stereocenters. The molecule has 1 heterocycles. The van der Waals surface area contributed by atoms with Crippen molar-refractivity contribution in [3.8, 4) is 0 Å². The van der Waals surface area contributed by atoms with Gasteiger partial charge in [0, 0.05) is 27.1 Å². The maximum Gasteiger partial charge on any atom is 0.435 e. The molecular weight excluding hydrogens is 507 g/mol. The molecule has 0 aliphatic carbocycles. The quantitative estimate of drug-likeness (QED) is 0.404. The lowest BCUT2D eigenvalue weighted by Gasteiger charge is -2.11. The van der Waals surface area contributed by atoms with Crippen molar-refractivity contribution in [2.75, 3.05) is 5.32 Å². The number of benzene rings is 2. The molecule has 0 spiro atoms. The summed E-state index contributed by atoms with van der Waals surface area (Å²) in [5.41, 5.74) is -0.913. The minimum Gasteiger partial charge on any atom is -0.444 e. The lowest BCUT2D eigenvalue weighted by Crippen LogP contribution is -2.16. The lowest BCUT2D eigenvalue weighted by molar-refractivity contribution is -0.142. The largest absolute Gasteiger partial charge is 0.444 e. The van der Waals surface area contributed by atoms with E-state index in [0.29, 0.717) is 15.6 Å². The van der Waals surface area contributed by atoms with Crippen LogP contribution >= 0.6 is 39.3 Å². The number of halogens is 5. The van der Waals surface area contributed by atoms with Crippen molar-refractivity contribution in [1.82, 2.24) is 9.78 Å². The number of rotatable bonds is 5. The molecule has 1 aromatic heterocycles. The van der Waals surface area contributed by atoms with Gasteiger partial charge in [-0.2, -0.15) is 18.3 Å². The van der Waals surface area contributed by atoms with Gasteiger partial charge in [0.2, 0.25) is 0 Å². The number of hydrogen-bond donors (Lipinski definition) is 1. The van der Waals surface area contributed by atoms with E-state index in [0.717, 1.165) is 20.9 Å². The molecule has 3 aromatic rings. The molecule has 0 saturated heterocycles. The monoisotopic (exact) mass is 519 g/mol. The van der Waals surface area contributed by atoms with Crippen molar-refractivity contribution in [3.63, 3.8) is 0 Å². The third-order valence-electron chi connectivity index (χ3n) is 3.82. The van der Waals surface area contributed by atoms with Crippen LogP contribution in [-0.2, 0) is 24.6 Å². The highest BCUT2D eigenvalue weighted by atomic mass is 79.9. The minimum atomic E-state index is -4.69. The summed E-state index contributed by atoms with van der Waals surface area (Å²) < 4.78 is 47.5. The van der Waals surface area contributed by atoms with Crippen molar-refractivity contribution in [3.05, 3.63) is 69.3 Å². The van der Waals surface area contributed by atoms with E-state index in [9.17, 15) is 18.0 Å². The van der Waals surface area contributed by atoms with Gasteiger partial charge in [0.25, 0.3) is 0 Å². The summed E-state index contributed by atoms with van der Waals surface area (Å²) in [6, 6.07) is 13.3. The first-order chi connectivity index (χ1) is 14.1. The van der Waals surface area contributed by atoms with Gasteiger partial charge < -0.3 is 4.74 Å². The molecule has 3 rings (SSSR count). The second kappa shape index (κ2) is 9.32. The van der Waals surface area contributed by atoms with Crippen molar-refractivity contribution >= 4 is 51.1 Å². The molecule has 158 valence electrons. The number of anilines is 1. The molecule has 0 aliphatic heterocycles. The van der Waals surface area contributed by atoms with Gasteiger partial charge in [-0.25, -0.2) is 4.79 Å². The molecule has 1 amide bonds. The number of alkyl halides is 3. The highest BCUT2D eigenvalue weighted by molar-refractivity contribution is 9.10. The minimum absolute atomic E-state index is 0.218. The van der Waals surface area contributed by atoms with Gasteiger partial charge in [-0.15, -0.1) is 0 Å². The van der Waals surface area contributed by atoms with E-state index in [-0.39, 0.29) is 10.6 Å². The summed E-state index contributed by atoms with van der Waals surface area (Å²) in [7, 11) is 1.41. The van der Waals surface area contributed by atoms with Crippen LogP contribution in [0.15, 0.2) is 62.9 Å². The Morgan fingerprint density at radius 2 is 1.83 bits per heavy atom. The number of amides is 1. The van der Waals surface area contributed by atoms with Crippen molar-refractivity contribution in [2.45, 2.75) is 22.7 Å². The number of nitrogens with zero attached hydrogens (tertiary/aromatic N) is 2. The predicted octanol–water partition coefficient (Wildman–Crippen LogP) is 6.75. The Morgan fingerprint density at radius 1 is 1.20 bits per heavy atom. The van der Waals surface area contributed by atoms with Crippen LogP contribution in [0.2, 0.25) is 5.02 Å². The van der Waals surface area contributed by atoms with Gasteiger partial charge in [0.05, 0.1) is 5.56 Å². The fourth-order valence-corrected chi connectivity index (χ4v) is 3.81.